The van der Waals surface area contributed by atoms with Gasteiger partial charge in [-0.1, -0.05) is 0 Å². The number of aromatic nitrogens is 1. The average molecular weight is 529 g/mol. The van der Waals surface area contributed by atoms with Gasteiger partial charge < -0.3 is 30.1 Å². The lowest BCUT2D eigenvalue weighted by Gasteiger charge is -2.24. The van der Waals surface area contributed by atoms with Crippen molar-refractivity contribution >= 4 is 23.3 Å². The number of aliphatic hydroxyl groups is 1. The third kappa shape index (κ3) is 6.21. The van der Waals surface area contributed by atoms with E-state index >= 15 is 4.39 Å². The molecule has 2 heterocycles. The van der Waals surface area contributed by atoms with E-state index < -0.39 is 53.1 Å². The maximum Gasteiger partial charge on any atom is 0.425 e. The highest BCUT2D eigenvalue weighted by molar-refractivity contribution is 6.07. The quantitative estimate of drug-likeness (QED) is 0.459. The summed E-state index contributed by atoms with van der Waals surface area (Å²) in [5.41, 5.74) is 0.276. The van der Waals surface area contributed by atoms with Gasteiger partial charge in [0.2, 0.25) is 5.88 Å². The molecule has 3 rings (SSSR count). The molecule has 0 saturated carbocycles. The molecule has 1 aliphatic rings. The van der Waals surface area contributed by atoms with Gasteiger partial charge in [0.1, 0.15) is 11.6 Å². The Morgan fingerprint density at radius 3 is 2.59 bits per heavy atom. The first-order valence-electron chi connectivity index (χ1n) is 11.4. The van der Waals surface area contributed by atoms with Crippen molar-refractivity contribution in [2.24, 2.45) is 0 Å². The maximum absolute atomic E-state index is 15.0. The highest BCUT2D eigenvalue weighted by Crippen LogP contribution is 2.33. The molecular formula is C24H28F4N4O5. The molecule has 2 aromatic rings. The van der Waals surface area contributed by atoms with E-state index in [2.05, 4.69) is 15.6 Å². The maximum atomic E-state index is 15.0. The molecular weight excluding hydrogens is 500 g/mol. The summed E-state index contributed by atoms with van der Waals surface area (Å²) < 4.78 is 65.0. The Kier molecular flexibility index (Phi) is 8.46. The Morgan fingerprint density at radius 2 is 1.97 bits per heavy atom. The topological polar surface area (TPSA) is 113 Å². The van der Waals surface area contributed by atoms with Crippen LogP contribution in [0.1, 0.15) is 41.3 Å². The van der Waals surface area contributed by atoms with E-state index in [0.717, 1.165) is 13.0 Å². The summed E-state index contributed by atoms with van der Waals surface area (Å²) >= 11 is 0. The Labute approximate surface area is 210 Å². The third-order valence-electron chi connectivity index (χ3n) is 6.07. The van der Waals surface area contributed by atoms with Gasteiger partial charge in [0.05, 0.1) is 36.7 Å². The van der Waals surface area contributed by atoms with Crippen LogP contribution in [0.15, 0.2) is 18.3 Å². The molecule has 2 atom stereocenters. The number of benzene rings is 1. The minimum absolute atomic E-state index is 0.218. The van der Waals surface area contributed by atoms with Gasteiger partial charge in [0.15, 0.2) is 6.10 Å². The number of rotatable bonds is 7. The van der Waals surface area contributed by atoms with Crippen molar-refractivity contribution in [2.75, 3.05) is 30.9 Å². The molecule has 1 saturated heterocycles. The summed E-state index contributed by atoms with van der Waals surface area (Å²) in [5, 5.41) is 14.3. The molecule has 0 spiro atoms. The van der Waals surface area contributed by atoms with E-state index in [-0.39, 0.29) is 18.2 Å². The number of ether oxygens (including phenoxy) is 2. The lowest BCUT2D eigenvalue weighted by molar-refractivity contribution is -0.189. The van der Waals surface area contributed by atoms with Crippen molar-refractivity contribution in [3.8, 4) is 11.6 Å². The number of alkyl halides is 3. The third-order valence-corrected chi connectivity index (χ3v) is 6.07. The summed E-state index contributed by atoms with van der Waals surface area (Å²) in [7, 11) is 1.38. The molecule has 1 fully saturated rings. The van der Waals surface area contributed by atoms with Crippen LogP contribution in [0.25, 0.3) is 0 Å². The normalized spacial score (nSPS) is 16.4. The molecule has 9 nitrogen and oxygen atoms in total. The Bertz CT molecular complexity index is 1170. The van der Waals surface area contributed by atoms with Crippen LogP contribution < -0.4 is 20.1 Å². The Hall–Kier alpha value is -3.61. The fourth-order valence-electron chi connectivity index (χ4n) is 3.96. The van der Waals surface area contributed by atoms with Gasteiger partial charge in [-0.05, 0) is 45.2 Å². The number of pyridine rings is 1. The zero-order valence-corrected chi connectivity index (χ0v) is 20.7. The van der Waals surface area contributed by atoms with Gasteiger partial charge in [0, 0.05) is 24.4 Å². The lowest BCUT2D eigenvalue weighted by Crippen LogP contribution is -2.40. The molecule has 3 amide bonds. The molecule has 3 N–H and O–H groups in total. The SMILES string of the molecule is COc1ncc(C)c(NC(=O)c2cc(F)c(NC(=O)N3CCC[C@@H]3CO)cc2O[C@@H](C)C(F)(F)F)c1C. The van der Waals surface area contributed by atoms with E-state index in [0.29, 0.717) is 36.6 Å². The second-order valence-corrected chi connectivity index (χ2v) is 8.64. The number of carbonyl (C=O) groups excluding carboxylic acids is 2. The largest absolute Gasteiger partial charge is 0.481 e. The number of methoxy groups -OCH3 is 1. The molecule has 202 valence electrons. The molecule has 1 aliphatic heterocycles. The van der Waals surface area contributed by atoms with Crippen LogP contribution in [0.2, 0.25) is 0 Å². The zero-order valence-electron chi connectivity index (χ0n) is 20.7. The van der Waals surface area contributed by atoms with Crippen LogP contribution in [-0.2, 0) is 0 Å². The number of urea groups is 1. The van der Waals surface area contributed by atoms with Crippen LogP contribution in [0.5, 0.6) is 11.6 Å². The summed E-state index contributed by atoms with van der Waals surface area (Å²) in [6.45, 7) is 4.04. The van der Waals surface area contributed by atoms with E-state index in [9.17, 15) is 27.9 Å². The number of hydrogen-bond donors (Lipinski definition) is 3. The first kappa shape index (κ1) is 28.0. The Balaban J connectivity index is 1.98. The molecule has 37 heavy (non-hydrogen) atoms. The van der Waals surface area contributed by atoms with Crippen molar-refractivity contribution in [1.29, 1.82) is 0 Å². The number of aliphatic hydroxyl groups excluding tert-OH is 1. The number of nitrogens with one attached hydrogen (secondary N) is 2. The predicted molar refractivity (Wildman–Crippen MR) is 127 cm³/mol. The van der Waals surface area contributed by atoms with Crippen molar-refractivity contribution in [2.45, 2.75) is 51.9 Å². The number of amides is 3. The van der Waals surface area contributed by atoms with Gasteiger partial charge in [-0.2, -0.15) is 13.2 Å². The number of aryl methyl sites for hydroxylation is 1. The second-order valence-electron chi connectivity index (χ2n) is 8.64. The average Bonchev–Trinajstić information content (AvgIpc) is 3.32. The number of nitrogens with zero attached hydrogens (tertiary/aromatic N) is 2. The first-order valence-corrected chi connectivity index (χ1v) is 11.4. The fraction of sp³-hybridized carbons (Fsp3) is 0.458. The van der Waals surface area contributed by atoms with Gasteiger partial charge in [-0.3, -0.25) is 4.79 Å². The predicted octanol–water partition coefficient (Wildman–Crippen LogP) is 4.42. The zero-order chi connectivity index (χ0) is 27.5. The molecule has 0 radical (unpaired) electrons. The lowest BCUT2D eigenvalue weighted by atomic mass is 10.1. The van der Waals surface area contributed by atoms with Crippen molar-refractivity contribution in [3.63, 3.8) is 0 Å². The number of anilines is 2. The number of hydrogen-bond acceptors (Lipinski definition) is 6. The van der Waals surface area contributed by atoms with E-state index in [4.69, 9.17) is 9.47 Å². The number of halogens is 4. The van der Waals surface area contributed by atoms with E-state index in [1.54, 1.807) is 13.8 Å². The van der Waals surface area contributed by atoms with Crippen LogP contribution in [0.3, 0.4) is 0 Å². The standard InChI is InChI=1S/C24H28F4N4O5/c1-12-10-29-22(36-4)13(2)20(12)31-21(34)16-8-17(25)18(9-19(16)37-14(3)24(26,27)28)30-23(35)32-7-5-6-15(32)11-33/h8-10,14-15,33H,5-7,11H2,1-4H3,(H,30,35)(H,29,31,34)/t14-,15+/m0/s1. The van der Waals surface area contributed by atoms with Gasteiger partial charge in [-0.25, -0.2) is 14.2 Å². The van der Waals surface area contributed by atoms with Crippen molar-refractivity contribution in [3.05, 3.63) is 40.8 Å². The smallest absolute Gasteiger partial charge is 0.425 e. The monoisotopic (exact) mass is 528 g/mol. The van der Waals surface area contributed by atoms with Gasteiger partial charge in [-0.15, -0.1) is 0 Å². The minimum atomic E-state index is -4.78. The molecule has 1 aromatic heterocycles. The molecule has 0 unspecified atom stereocenters. The van der Waals surface area contributed by atoms with Crippen molar-refractivity contribution in [1.82, 2.24) is 9.88 Å². The van der Waals surface area contributed by atoms with Crippen LogP contribution >= 0.6 is 0 Å². The number of likely N-dealkylation sites (tertiary alicyclic amines) is 1. The summed E-state index contributed by atoms with van der Waals surface area (Å²) in [5.74, 6) is -2.38. The molecule has 0 aliphatic carbocycles. The molecule has 13 heteroatoms. The second kappa shape index (κ2) is 11.2. The first-order chi connectivity index (χ1) is 17.4. The minimum Gasteiger partial charge on any atom is -0.481 e. The highest BCUT2D eigenvalue weighted by atomic mass is 19.4. The van der Waals surface area contributed by atoms with E-state index in [1.165, 1.54) is 18.2 Å². The van der Waals surface area contributed by atoms with Crippen LogP contribution in [0, 0.1) is 19.7 Å². The molecule has 1 aromatic carbocycles. The van der Waals surface area contributed by atoms with E-state index in [1.807, 2.05) is 0 Å². The fourth-order valence-corrected chi connectivity index (χ4v) is 3.96. The molecule has 0 bridgehead atoms. The van der Waals surface area contributed by atoms with Crippen molar-refractivity contribution < 1.29 is 41.7 Å². The summed E-state index contributed by atoms with van der Waals surface area (Å²) in [4.78, 5) is 31.1. The summed E-state index contributed by atoms with van der Waals surface area (Å²) in [6, 6.07) is 0.330. The number of carbonyl (C=O) groups is 2. The van der Waals surface area contributed by atoms with Gasteiger partial charge >= 0.3 is 12.2 Å². The van der Waals surface area contributed by atoms with Gasteiger partial charge in [0.25, 0.3) is 5.91 Å². The Morgan fingerprint density at radius 1 is 1.27 bits per heavy atom. The van der Waals surface area contributed by atoms with Crippen LogP contribution in [-0.4, -0.2) is 65.5 Å². The summed E-state index contributed by atoms with van der Waals surface area (Å²) in [6.07, 6.45) is -4.49. The van der Waals surface area contributed by atoms with Crippen LogP contribution in [0.4, 0.5) is 33.7 Å². The highest BCUT2D eigenvalue weighted by Gasteiger charge is 2.39.